The van der Waals surface area contributed by atoms with Crippen molar-refractivity contribution in [3.8, 4) is 23.0 Å². The molecule has 59 heavy (non-hydrogen) atoms. The van der Waals surface area contributed by atoms with Crippen LogP contribution in [0.25, 0.3) is 0 Å². The van der Waals surface area contributed by atoms with Crippen molar-refractivity contribution in [3.05, 3.63) is 129 Å². The Balaban J connectivity index is 0.937. The molecule has 2 unspecified atom stereocenters. The molecule has 11 heteroatoms. The Labute approximate surface area is 345 Å². The first kappa shape index (κ1) is 38.3. The number of carbonyl (C=O) groups excluding carboxylic acids is 2. The molecule has 4 aromatic carbocycles. The number of ether oxygens (including phenoxy) is 4. The van der Waals surface area contributed by atoms with Crippen molar-refractivity contribution in [1.29, 1.82) is 0 Å². The Kier molecular flexibility index (Phi) is 10.3. The Morgan fingerprint density at radius 2 is 1.24 bits per heavy atom. The van der Waals surface area contributed by atoms with Gasteiger partial charge in [-0.2, -0.15) is 0 Å². The minimum Gasteiger partial charge on any atom is -0.493 e. The molecule has 4 aliphatic heterocycles. The van der Waals surface area contributed by atoms with Crippen LogP contribution in [0, 0.1) is 5.92 Å². The Hall–Kier alpha value is -6.20. The first-order valence-electron chi connectivity index (χ1n) is 20.3. The van der Waals surface area contributed by atoms with Crippen LogP contribution in [-0.2, 0) is 32.7 Å². The lowest BCUT2D eigenvalue weighted by Gasteiger charge is -2.37. The number of methoxy groups -OCH3 is 2. The standard InChI is InChI=1S/C48H49N5O6/c1-29-10-11-34-17-38-23-50-42-21-46(44(57-5)19-40(42)48(55)53(38)26-36(34)12-29)59-28-32-14-30(24-51(2)3)13-31(15-32)27-58-45-20-41-39(18-43(45)56-4)47(54)52-25-35-9-7-6-8-33(35)16-37(52)22-49-41/h6-11,13-15,18-23,29,37-38H,12,16-17,24-28H2,1-5H3/t29?,37-,38?/m0/s1. The van der Waals surface area contributed by atoms with E-state index in [4.69, 9.17) is 28.9 Å². The third-order valence-corrected chi connectivity index (χ3v) is 11.8. The number of aliphatic imine (C=N–C) groups is 2. The van der Waals surface area contributed by atoms with E-state index in [1.165, 1.54) is 16.7 Å². The molecule has 11 nitrogen and oxygen atoms in total. The highest BCUT2D eigenvalue weighted by Gasteiger charge is 2.36. The highest BCUT2D eigenvalue weighted by atomic mass is 16.5. The summed E-state index contributed by atoms with van der Waals surface area (Å²) in [4.78, 5) is 43.5. The third kappa shape index (κ3) is 7.62. The lowest BCUT2D eigenvalue weighted by Crippen LogP contribution is -2.45. The van der Waals surface area contributed by atoms with Crippen LogP contribution in [0.2, 0.25) is 0 Å². The van der Waals surface area contributed by atoms with Gasteiger partial charge in [0.25, 0.3) is 11.8 Å². The number of nitrogens with zero attached hydrogens (tertiary/aromatic N) is 5. The number of hydrogen-bond donors (Lipinski definition) is 0. The number of fused-ring (bicyclic) bond motifs is 5. The van der Waals surface area contributed by atoms with Gasteiger partial charge in [0, 0.05) is 44.2 Å². The van der Waals surface area contributed by atoms with Crippen molar-refractivity contribution in [1.82, 2.24) is 14.7 Å². The molecule has 0 spiro atoms. The van der Waals surface area contributed by atoms with Crippen LogP contribution < -0.4 is 18.9 Å². The van der Waals surface area contributed by atoms with Gasteiger partial charge >= 0.3 is 0 Å². The second kappa shape index (κ2) is 15.9. The van der Waals surface area contributed by atoms with Crippen LogP contribution in [0.5, 0.6) is 23.0 Å². The fourth-order valence-corrected chi connectivity index (χ4v) is 8.91. The summed E-state index contributed by atoms with van der Waals surface area (Å²) >= 11 is 0. The number of allylic oxidation sites excluding steroid dienone is 2. The van der Waals surface area contributed by atoms with E-state index in [0.717, 1.165) is 41.5 Å². The maximum atomic E-state index is 14.0. The minimum absolute atomic E-state index is 0.0478. The Morgan fingerprint density at radius 1 is 0.678 bits per heavy atom. The highest BCUT2D eigenvalue weighted by Crippen LogP contribution is 2.41. The van der Waals surface area contributed by atoms with Crippen LogP contribution in [0.1, 0.15) is 68.3 Å². The van der Waals surface area contributed by atoms with Crippen LogP contribution in [0.4, 0.5) is 11.4 Å². The van der Waals surface area contributed by atoms with Crippen molar-refractivity contribution in [3.63, 3.8) is 0 Å². The lowest BCUT2D eigenvalue weighted by molar-refractivity contribution is 0.0701. The molecule has 0 fully saturated rings. The maximum Gasteiger partial charge on any atom is 0.257 e. The average molecular weight is 792 g/mol. The smallest absolute Gasteiger partial charge is 0.257 e. The van der Waals surface area contributed by atoms with E-state index in [9.17, 15) is 9.59 Å². The molecule has 302 valence electrons. The molecule has 3 atom stereocenters. The summed E-state index contributed by atoms with van der Waals surface area (Å²) in [7, 11) is 7.23. The molecule has 0 saturated heterocycles. The maximum absolute atomic E-state index is 14.0. The van der Waals surface area contributed by atoms with E-state index < -0.39 is 0 Å². The van der Waals surface area contributed by atoms with Gasteiger partial charge in [-0.3, -0.25) is 19.6 Å². The summed E-state index contributed by atoms with van der Waals surface area (Å²) in [6.45, 7) is 4.56. The second-order valence-electron chi connectivity index (χ2n) is 16.4. The third-order valence-electron chi connectivity index (χ3n) is 11.8. The molecule has 0 saturated carbocycles. The zero-order valence-electron chi connectivity index (χ0n) is 34.2. The molecule has 9 rings (SSSR count). The fourth-order valence-electron chi connectivity index (χ4n) is 8.91. The summed E-state index contributed by atoms with van der Waals surface area (Å²) in [6.07, 6.45) is 10.7. The lowest BCUT2D eigenvalue weighted by atomic mass is 9.84. The number of hydrogen-bond acceptors (Lipinski definition) is 9. The predicted molar refractivity (Wildman–Crippen MR) is 228 cm³/mol. The van der Waals surface area contributed by atoms with Crippen molar-refractivity contribution < 1.29 is 28.5 Å². The van der Waals surface area contributed by atoms with E-state index in [2.05, 4.69) is 54.3 Å². The summed E-state index contributed by atoms with van der Waals surface area (Å²) in [5.74, 6) is 2.28. The van der Waals surface area contributed by atoms with Gasteiger partial charge in [-0.15, -0.1) is 0 Å². The zero-order chi connectivity index (χ0) is 40.8. The number of benzene rings is 4. The van der Waals surface area contributed by atoms with Gasteiger partial charge in [0.15, 0.2) is 23.0 Å². The molecule has 4 aromatic rings. The number of rotatable bonds is 10. The van der Waals surface area contributed by atoms with E-state index in [0.29, 0.717) is 71.1 Å². The fraction of sp³-hybridized carbons (Fsp3) is 0.333. The van der Waals surface area contributed by atoms with Gasteiger partial charge in [-0.1, -0.05) is 55.5 Å². The van der Waals surface area contributed by atoms with Crippen LogP contribution in [-0.4, -0.2) is 85.9 Å². The van der Waals surface area contributed by atoms with Crippen LogP contribution in [0.3, 0.4) is 0 Å². The summed E-state index contributed by atoms with van der Waals surface area (Å²) in [5, 5.41) is 0. The highest BCUT2D eigenvalue weighted by molar-refractivity contribution is 6.04. The zero-order valence-corrected chi connectivity index (χ0v) is 34.2. The molecule has 0 radical (unpaired) electrons. The first-order chi connectivity index (χ1) is 28.6. The van der Waals surface area contributed by atoms with E-state index >= 15 is 0 Å². The van der Waals surface area contributed by atoms with E-state index in [1.54, 1.807) is 32.4 Å². The first-order valence-corrected chi connectivity index (χ1v) is 20.3. The van der Waals surface area contributed by atoms with Gasteiger partial charge < -0.3 is 33.6 Å². The van der Waals surface area contributed by atoms with Gasteiger partial charge in [-0.05, 0) is 96.4 Å². The molecular formula is C48H49N5O6. The topological polar surface area (TPSA) is 106 Å². The molecule has 0 N–H and O–H groups in total. The molecule has 2 amide bonds. The molecular weight excluding hydrogens is 743 g/mol. The Bertz CT molecular complexity index is 2470. The SMILES string of the molecule is COc1cc2c(cc1OCc1cc(COc3cc4c(cc3OC)C(=O)N3Cc5ccccc5C[C@H]3C=N4)cc(CN(C)C)c1)N=CC1CC3=C(CC(C)C=C3)CN1C2=O. The second-order valence-corrected chi connectivity index (χ2v) is 16.4. The van der Waals surface area contributed by atoms with E-state index in [1.807, 2.05) is 54.5 Å². The molecule has 5 aliphatic rings. The average Bonchev–Trinajstić information content (AvgIpc) is 3.45. The van der Waals surface area contributed by atoms with Crippen LogP contribution in [0.15, 0.2) is 100 Å². The predicted octanol–water partition coefficient (Wildman–Crippen LogP) is 8.03. The molecule has 0 aromatic heterocycles. The van der Waals surface area contributed by atoms with Gasteiger partial charge in [-0.25, -0.2) is 0 Å². The van der Waals surface area contributed by atoms with Gasteiger partial charge in [0.1, 0.15) is 13.2 Å². The molecule has 4 heterocycles. The van der Waals surface area contributed by atoms with Crippen molar-refractivity contribution in [2.24, 2.45) is 15.9 Å². The molecule has 0 bridgehead atoms. The monoisotopic (exact) mass is 791 g/mol. The Morgan fingerprint density at radius 3 is 1.83 bits per heavy atom. The molecule has 1 aliphatic carbocycles. The van der Waals surface area contributed by atoms with Crippen molar-refractivity contribution >= 4 is 35.6 Å². The summed E-state index contributed by atoms with van der Waals surface area (Å²) < 4.78 is 24.5. The normalized spacial score (nSPS) is 20.2. The van der Waals surface area contributed by atoms with Gasteiger partial charge in [0.05, 0.1) is 48.8 Å². The number of carbonyl (C=O) groups is 2. The quantitative estimate of drug-likeness (QED) is 0.160. The van der Waals surface area contributed by atoms with Gasteiger partial charge in [0.2, 0.25) is 0 Å². The minimum atomic E-state index is -0.131. The van der Waals surface area contributed by atoms with Crippen molar-refractivity contribution in [2.45, 2.75) is 64.6 Å². The van der Waals surface area contributed by atoms with Crippen molar-refractivity contribution in [2.75, 3.05) is 34.9 Å². The largest absolute Gasteiger partial charge is 0.493 e. The summed E-state index contributed by atoms with van der Waals surface area (Å²) in [6, 6.07) is 21.4. The van der Waals surface area contributed by atoms with E-state index in [-0.39, 0.29) is 37.1 Å². The van der Waals surface area contributed by atoms with Crippen LogP contribution >= 0.6 is 0 Å². The number of amides is 2. The summed E-state index contributed by atoms with van der Waals surface area (Å²) in [5.41, 5.74) is 10.1.